The van der Waals surface area contributed by atoms with Gasteiger partial charge in [-0.3, -0.25) is 14.6 Å². The molecule has 6 heteroatoms. The zero-order valence-electron chi connectivity index (χ0n) is 22.7. The van der Waals surface area contributed by atoms with E-state index in [0.717, 1.165) is 62.1 Å². The van der Waals surface area contributed by atoms with Gasteiger partial charge in [0.1, 0.15) is 5.84 Å². The lowest BCUT2D eigenvalue weighted by atomic mass is 9.74. The Bertz CT molecular complexity index is 945. The van der Waals surface area contributed by atoms with Gasteiger partial charge in [0.05, 0.1) is 23.5 Å². The Balaban J connectivity index is 2.22. The molecule has 1 amide bonds. The van der Waals surface area contributed by atoms with Crippen LogP contribution in [0.1, 0.15) is 79.1 Å². The molecule has 2 aliphatic rings. The molecule has 0 saturated carbocycles. The minimum absolute atomic E-state index is 0.0750. The molecule has 0 radical (unpaired) electrons. The van der Waals surface area contributed by atoms with Gasteiger partial charge in [0, 0.05) is 13.0 Å². The molecule has 36 heavy (non-hydrogen) atoms. The summed E-state index contributed by atoms with van der Waals surface area (Å²) in [4.78, 5) is 32.0. The lowest BCUT2D eigenvalue weighted by molar-refractivity contribution is -0.145. The Hall–Kier alpha value is -2.89. The van der Waals surface area contributed by atoms with Crippen LogP contribution in [-0.2, 0) is 9.59 Å². The largest absolute Gasteiger partial charge is 0.481 e. The van der Waals surface area contributed by atoms with Crippen molar-refractivity contribution in [3.05, 3.63) is 60.8 Å². The number of aliphatic imine (C=N–C) groups is 1. The Kier molecular flexibility index (Phi) is 10.9. The normalized spacial score (nSPS) is 28.1. The third-order valence-corrected chi connectivity index (χ3v) is 6.97. The van der Waals surface area contributed by atoms with Gasteiger partial charge in [-0.25, -0.2) is 0 Å². The standard InChI is InChI=1S/C30H45N3O3/c1-7-8-10-14-26-31-25(24(4)16-15-23(2)3)13-11-9-12-21-33(26)22-27(34)32-30(6)19-17-29(5,18-20-30)28(35)36/h11,13,15-17,19,25H,2,4,7-10,12,14,18,20-22H2,1,3,5-6H3,(H,32,34)(H,35,36)/b13-11?,16-15-,31-26-. The van der Waals surface area contributed by atoms with Crippen LogP contribution in [0, 0.1) is 5.41 Å². The predicted molar refractivity (Wildman–Crippen MR) is 149 cm³/mol. The number of nitrogens with zero attached hydrogens (tertiary/aromatic N) is 2. The molecular formula is C30H45N3O3. The first-order chi connectivity index (χ1) is 17.0. The Labute approximate surface area is 217 Å². The van der Waals surface area contributed by atoms with Crippen LogP contribution >= 0.6 is 0 Å². The molecule has 0 aromatic rings. The molecule has 2 rings (SSSR count). The Morgan fingerprint density at radius 3 is 2.58 bits per heavy atom. The number of carboxylic acid groups (broad SMARTS) is 1. The van der Waals surface area contributed by atoms with Crippen LogP contribution in [0.3, 0.4) is 0 Å². The first-order valence-corrected chi connectivity index (χ1v) is 13.2. The fraction of sp³-hybridized carbons (Fsp3) is 0.567. The van der Waals surface area contributed by atoms with Crippen molar-refractivity contribution in [3.63, 3.8) is 0 Å². The fourth-order valence-corrected chi connectivity index (χ4v) is 4.39. The number of amides is 1. The van der Waals surface area contributed by atoms with Crippen LogP contribution < -0.4 is 5.32 Å². The molecule has 0 aromatic carbocycles. The van der Waals surface area contributed by atoms with E-state index in [4.69, 9.17) is 4.99 Å². The molecule has 0 bridgehead atoms. The van der Waals surface area contributed by atoms with Crippen LogP contribution in [-0.4, -0.2) is 52.4 Å². The van der Waals surface area contributed by atoms with Crippen molar-refractivity contribution in [1.82, 2.24) is 10.2 Å². The number of nitrogens with one attached hydrogen (secondary N) is 1. The number of rotatable bonds is 11. The van der Waals surface area contributed by atoms with Crippen LogP contribution in [0.5, 0.6) is 0 Å². The molecule has 1 aliphatic heterocycles. The molecular weight excluding hydrogens is 450 g/mol. The Morgan fingerprint density at radius 2 is 1.97 bits per heavy atom. The van der Waals surface area contributed by atoms with Crippen molar-refractivity contribution < 1.29 is 14.7 Å². The van der Waals surface area contributed by atoms with Crippen molar-refractivity contribution in [2.24, 2.45) is 10.4 Å². The molecule has 0 spiro atoms. The molecule has 0 aromatic heterocycles. The summed E-state index contributed by atoms with van der Waals surface area (Å²) in [5.41, 5.74) is 0.419. The minimum atomic E-state index is -0.881. The second-order valence-electron chi connectivity index (χ2n) is 10.7. The van der Waals surface area contributed by atoms with Gasteiger partial charge in [0.25, 0.3) is 0 Å². The third-order valence-electron chi connectivity index (χ3n) is 6.97. The third kappa shape index (κ3) is 8.96. The molecule has 0 fully saturated rings. The highest BCUT2D eigenvalue weighted by Crippen LogP contribution is 2.35. The number of carbonyl (C=O) groups excluding carboxylic acids is 1. The average molecular weight is 496 g/mol. The lowest BCUT2D eigenvalue weighted by Crippen LogP contribution is -2.51. The number of hydrogen-bond acceptors (Lipinski definition) is 4. The molecule has 6 nitrogen and oxygen atoms in total. The SMILES string of the molecule is C=C(C)/C=C\C(=C)C1C=CCCCN(CC(=O)NC2(C)C=CC(C)(C(=O)O)CC2)/C(CCCCC)=N\1. The van der Waals surface area contributed by atoms with E-state index in [0.29, 0.717) is 12.8 Å². The maximum Gasteiger partial charge on any atom is 0.313 e. The highest BCUT2D eigenvalue weighted by molar-refractivity contribution is 5.88. The first kappa shape index (κ1) is 29.3. The van der Waals surface area contributed by atoms with E-state index in [9.17, 15) is 14.7 Å². The molecule has 3 unspecified atom stereocenters. The predicted octanol–water partition coefficient (Wildman–Crippen LogP) is 5.99. The highest BCUT2D eigenvalue weighted by Gasteiger charge is 2.38. The van der Waals surface area contributed by atoms with Crippen LogP contribution in [0.2, 0.25) is 0 Å². The summed E-state index contributed by atoms with van der Waals surface area (Å²) < 4.78 is 0. The van der Waals surface area contributed by atoms with E-state index in [1.807, 2.05) is 32.1 Å². The molecule has 0 saturated heterocycles. The number of carboxylic acids is 1. The lowest BCUT2D eigenvalue weighted by Gasteiger charge is -2.37. The van der Waals surface area contributed by atoms with Gasteiger partial charge < -0.3 is 15.3 Å². The van der Waals surface area contributed by atoms with Crippen molar-refractivity contribution in [2.75, 3.05) is 13.1 Å². The molecule has 1 heterocycles. The summed E-state index contributed by atoms with van der Waals surface area (Å²) in [6, 6.07) is -0.173. The quantitative estimate of drug-likeness (QED) is 0.210. The summed E-state index contributed by atoms with van der Waals surface area (Å²) in [6.07, 6.45) is 18.7. The molecule has 3 atom stereocenters. The van der Waals surface area contributed by atoms with Gasteiger partial charge in [-0.2, -0.15) is 0 Å². The number of unbranched alkanes of at least 4 members (excludes halogenated alkanes) is 2. The number of carbonyl (C=O) groups is 2. The zero-order valence-corrected chi connectivity index (χ0v) is 22.7. The van der Waals surface area contributed by atoms with Gasteiger partial charge in [-0.1, -0.05) is 75.0 Å². The van der Waals surface area contributed by atoms with E-state index < -0.39 is 16.9 Å². The van der Waals surface area contributed by atoms with E-state index in [-0.39, 0.29) is 18.5 Å². The first-order valence-electron chi connectivity index (χ1n) is 13.2. The minimum Gasteiger partial charge on any atom is -0.481 e. The number of amidine groups is 1. The smallest absolute Gasteiger partial charge is 0.313 e. The summed E-state index contributed by atoms with van der Waals surface area (Å²) in [5, 5.41) is 12.7. The fourth-order valence-electron chi connectivity index (χ4n) is 4.39. The van der Waals surface area contributed by atoms with Gasteiger partial charge in [0.15, 0.2) is 0 Å². The summed E-state index contributed by atoms with van der Waals surface area (Å²) in [6.45, 7) is 17.0. The second-order valence-corrected chi connectivity index (χ2v) is 10.7. The summed E-state index contributed by atoms with van der Waals surface area (Å²) in [5.74, 6) is 0.0384. The monoisotopic (exact) mass is 495 g/mol. The number of allylic oxidation sites excluding steroid dienone is 3. The second kappa shape index (κ2) is 13.4. The number of aliphatic carboxylic acids is 1. The van der Waals surface area contributed by atoms with Crippen molar-refractivity contribution in [1.29, 1.82) is 0 Å². The molecule has 1 aliphatic carbocycles. The van der Waals surface area contributed by atoms with E-state index in [1.165, 1.54) is 0 Å². The summed E-state index contributed by atoms with van der Waals surface area (Å²) in [7, 11) is 0. The van der Waals surface area contributed by atoms with Crippen LogP contribution in [0.15, 0.2) is 65.8 Å². The van der Waals surface area contributed by atoms with Gasteiger partial charge in [-0.05, 0) is 58.4 Å². The van der Waals surface area contributed by atoms with Gasteiger partial charge in [-0.15, -0.1) is 0 Å². The van der Waals surface area contributed by atoms with Crippen LogP contribution in [0.4, 0.5) is 0 Å². The maximum absolute atomic E-state index is 13.2. The van der Waals surface area contributed by atoms with E-state index >= 15 is 0 Å². The van der Waals surface area contributed by atoms with E-state index in [1.54, 1.807) is 13.0 Å². The van der Waals surface area contributed by atoms with Crippen LogP contribution in [0.25, 0.3) is 0 Å². The van der Waals surface area contributed by atoms with Crippen molar-refractivity contribution >= 4 is 17.7 Å². The van der Waals surface area contributed by atoms with Gasteiger partial charge in [0.2, 0.25) is 5.91 Å². The Morgan fingerprint density at radius 1 is 1.22 bits per heavy atom. The number of hydrogen-bond donors (Lipinski definition) is 2. The summed E-state index contributed by atoms with van der Waals surface area (Å²) >= 11 is 0. The molecule has 198 valence electrons. The maximum atomic E-state index is 13.2. The van der Waals surface area contributed by atoms with Crippen molar-refractivity contribution in [3.8, 4) is 0 Å². The van der Waals surface area contributed by atoms with Gasteiger partial charge >= 0.3 is 5.97 Å². The average Bonchev–Trinajstić information content (AvgIpc) is 2.91. The zero-order chi connectivity index (χ0) is 26.8. The topological polar surface area (TPSA) is 82.0 Å². The van der Waals surface area contributed by atoms with Crippen molar-refractivity contribution in [2.45, 2.75) is 90.6 Å². The van der Waals surface area contributed by atoms with E-state index in [2.05, 4.69) is 42.5 Å². The highest BCUT2D eigenvalue weighted by atomic mass is 16.4. The molecule has 2 N–H and O–H groups in total.